The van der Waals surface area contributed by atoms with E-state index in [1.807, 2.05) is 6.08 Å². The zero-order chi connectivity index (χ0) is 8.32. The van der Waals surface area contributed by atoms with E-state index in [1.54, 1.807) is 18.2 Å². The highest BCUT2D eigenvalue weighted by atomic mass is 16.3. The molecule has 0 bridgehead atoms. The van der Waals surface area contributed by atoms with Gasteiger partial charge in [-0.05, 0) is 6.08 Å². The highest BCUT2D eigenvalue weighted by molar-refractivity contribution is 5.74. The summed E-state index contributed by atoms with van der Waals surface area (Å²) in [4.78, 5) is 10.6. The predicted octanol–water partition coefficient (Wildman–Crippen LogP) is 0.327. The molecule has 0 heterocycles. The number of nitrogens with one attached hydrogen (secondary N) is 1. The highest BCUT2D eigenvalue weighted by Gasteiger charge is 2.23. The summed E-state index contributed by atoms with van der Waals surface area (Å²) in [6.45, 7) is 1.38. The second kappa shape index (κ2) is 2.88. The number of amides is 1. The topological polar surface area (TPSA) is 49.3 Å². The maximum Gasteiger partial charge on any atom is 0.219 e. The van der Waals surface area contributed by atoms with Gasteiger partial charge >= 0.3 is 0 Å². The standard InChI is InChI=1S/C8H11NO2/c1-7(10)9-8(11)5-3-2-4-6-8/h2-5,11H,6H2,1H3,(H,9,10). The van der Waals surface area contributed by atoms with E-state index in [1.165, 1.54) is 6.92 Å². The lowest BCUT2D eigenvalue weighted by Gasteiger charge is -2.25. The van der Waals surface area contributed by atoms with Crippen LogP contribution in [0, 0.1) is 0 Å². The summed E-state index contributed by atoms with van der Waals surface area (Å²) in [7, 11) is 0. The third-order valence-electron chi connectivity index (χ3n) is 1.44. The Bertz CT molecular complexity index is 220. The molecule has 1 aliphatic carbocycles. The van der Waals surface area contributed by atoms with Crippen LogP contribution < -0.4 is 5.32 Å². The minimum Gasteiger partial charge on any atom is -0.367 e. The number of hydrogen-bond acceptors (Lipinski definition) is 2. The summed E-state index contributed by atoms with van der Waals surface area (Å²) < 4.78 is 0. The molecule has 1 rings (SSSR count). The third-order valence-corrected chi connectivity index (χ3v) is 1.44. The minimum atomic E-state index is -1.17. The predicted molar refractivity (Wildman–Crippen MR) is 41.7 cm³/mol. The number of carbonyl (C=O) groups is 1. The molecule has 0 aromatic carbocycles. The van der Waals surface area contributed by atoms with Gasteiger partial charge in [-0.1, -0.05) is 18.2 Å². The first kappa shape index (κ1) is 8.01. The molecule has 1 amide bonds. The molecule has 60 valence electrons. The van der Waals surface area contributed by atoms with Gasteiger partial charge in [0.25, 0.3) is 0 Å². The Labute approximate surface area is 65.4 Å². The van der Waals surface area contributed by atoms with Crippen molar-refractivity contribution in [2.45, 2.75) is 19.1 Å². The van der Waals surface area contributed by atoms with Crippen LogP contribution >= 0.6 is 0 Å². The van der Waals surface area contributed by atoms with Crippen LogP contribution in [0.2, 0.25) is 0 Å². The molecule has 3 heteroatoms. The van der Waals surface area contributed by atoms with Gasteiger partial charge in [-0.15, -0.1) is 0 Å². The maximum atomic E-state index is 10.6. The van der Waals surface area contributed by atoms with Crippen molar-refractivity contribution in [3.63, 3.8) is 0 Å². The van der Waals surface area contributed by atoms with Gasteiger partial charge in [0.05, 0.1) is 0 Å². The fourth-order valence-corrected chi connectivity index (χ4v) is 1.01. The van der Waals surface area contributed by atoms with Gasteiger partial charge in [0.15, 0.2) is 5.72 Å². The van der Waals surface area contributed by atoms with Crippen LogP contribution in [0.3, 0.4) is 0 Å². The molecule has 1 aliphatic rings. The zero-order valence-electron chi connectivity index (χ0n) is 6.37. The Morgan fingerprint density at radius 2 is 2.36 bits per heavy atom. The highest BCUT2D eigenvalue weighted by Crippen LogP contribution is 2.13. The van der Waals surface area contributed by atoms with Crippen molar-refractivity contribution in [1.29, 1.82) is 0 Å². The van der Waals surface area contributed by atoms with Gasteiger partial charge < -0.3 is 10.4 Å². The molecule has 0 aliphatic heterocycles. The molecule has 0 fully saturated rings. The van der Waals surface area contributed by atoms with Crippen molar-refractivity contribution in [3.8, 4) is 0 Å². The number of hydrogen-bond donors (Lipinski definition) is 2. The fraction of sp³-hybridized carbons (Fsp3) is 0.375. The van der Waals surface area contributed by atoms with E-state index in [4.69, 9.17) is 0 Å². The summed E-state index contributed by atoms with van der Waals surface area (Å²) in [5, 5.41) is 12.0. The van der Waals surface area contributed by atoms with E-state index >= 15 is 0 Å². The number of aliphatic hydroxyl groups is 1. The van der Waals surface area contributed by atoms with E-state index in [-0.39, 0.29) is 5.91 Å². The van der Waals surface area contributed by atoms with E-state index < -0.39 is 5.72 Å². The first-order valence-corrected chi connectivity index (χ1v) is 3.48. The minimum absolute atomic E-state index is 0.229. The van der Waals surface area contributed by atoms with Crippen LogP contribution in [0.4, 0.5) is 0 Å². The monoisotopic (exact) mass is 153 g/mol. The largest absolute Gasteiger partial charge is 0.367 e. The molecule has 11 heavy (non-hydrogen) atoms. The lowest BCUT2D eigenvalue weighted by molar-refractivity contribution is -0.124. The van der Waals surface area contributed by atoms with Gasteiger partial charge in [-0.3, -0.25) is 4.79 Å². The summed E-state index contributed by atoms with van der Waals surface area (Å²) in [6.07, 6.45) is 7.34. The Morgan fingerprint density at radius 3 is 2.82 bits per heavy atom. The van der Waals surface area contributed by atoms with Crippen LogP contribution in [0.5, 0.6) is 0 Å². The molecule has 0 spiro atoms. The molecule has 0 aromatic rings. The Balaban J connectivity index is 2.61. The van der Waals surface area contributed by atoms with Gasteiger partial charge in [-0.25, -0.2) is 0 Å². The molecule has 0 radical (unpaired) electrons. The molecule has 0 aromatic heterocycles. The maximum absolute atomic E-state index is 10.6. The van der Waals surface area contributed by atoms with Gasteiger partial charge in [0.1, 0.15) is 0 Å². The Morgan fingerprint density at radius 1 is 1.64 bits per heavy atom. The molecule has 3 nitrogen and oxygen atoms in total. The van der Waals surface area contributed by atoms with Crippen molar-refractivity contribution in [3.05, 3.63) is 24.3 Å². The van der Waals surface area contributed by atoms with Crippen molar-refractivity contribution in [2.75, 3.05) is 0 Å². The van der Waals surface area contributed by atoms with Crippen LogP contribution in [0.1, 0.15) is 13.3 Å². The molecule has 1 atom stereocenters. The summed E-state index contributed by atoms with van der Waals surface area (Å²) >= 11 is 0. The first-order chi connectivity index (χ1) is 5.12. The SMILES string of the molecule is CC(=O)NC1(O)C=CC=CC1. The molecule has 0 saturated carbocycles. The summed E-state index contributed by atoms with van der Waals surface area (Å²) in [6, 6.07) is 0. The van der Waals surface area contributed by atoms with Gasteiger partial charge in [-0.2, -0.15) is 0 Å². The smallest absolute Gasteiger partial charge is 0.219 e. The second-order valence-corrected chi connectivity index (χ2v) is 2.60. The first-order valence-electron chi connectivity index (χ1n) is 3.48. The lowest BCUT2D eigenvalue weighted by atomic mass is 10.1. The number of allylic oxidation sites excluding steroid dienone is 2. The quantitative estimate of drug-likeness (QED) is 0.533. The normalized spacial score (nSPS) is 28.5. The number of carbonyl (C=O) groups excluding carboxylic acids is 1. The zero-order valence-corrected chi connectivity index (χ0v) is 6.37. The second-order valence-electron chi connectivity index (χ2n) is 2.60. The Hall–Kier alpha value is -1.09. The van der Waals surface area contributed by atoms with Crippen molar-refractivity contribution < 1.29 is 9.90 Å². The molecular formula is C8H11NO2. The van der Waals surface area contributed by atoms with E-state index in [2.05, 4.69) is 5.32 Å². The van der Waals surface area contributed by atoms with Crippen LogP contribution in [-0.2, 0) is 4.79 Å². The van der Waals surface area contributed by atoms with E-state index in [9.17, 15) is 9.90 Å². The van der Waals surface area contributed by atoms with Crippen molar-refractivity contribution in [2.24, 2.45) is 0 Å². The molecule has 2 N–H and O–H groups in total. The third kappa shape index (κ3) is 2.20. The van der Waals surface area contributed by atoms with Crippen molar-refractivity contribution in [1.82, 2.24) is 5.32 Å². The van der Waals surface area contributed by atoms with Crippen LogP contribution in [0.15, 0.2) is 24.3 Å². The lowest BCUT2D eigenvalue weighted by Crippen LogP contribution is -2.46. The van der Waals surface area contributed by atoms with Gasteiger partial charge in [0.2, 0.25) is 5.91 Å². The van der Waals surface area contributed by atoms with Crippen LogP contribution in [0.25, 0.3) is 0 Å². The molecular weight excluding hydrogens is 142 g/mol. The van der Waals surface area contributed by atoms with E-state index in [0.29, 0.717) is 6.42 Å². The average Bonchev–Trinajstić information content (AvgIpc) is 1.85. The summed E-state index contributed by atoms with van der Waals surface area (Å²) in [5.74, 6) is -0.229. The molecule has 0 saturated heterocycles. The molecule has 1 unspecified atom stereocenters. The van der Waals surface area contributed by atoms with Crippen molar-refractivity contribution >= 4 is 5.91 Å². The van der Waals surface area contributed by atoms with Crippen LogP contribution in [-0.4, -0.2) is 16.7 Å². The fourth-order valence-electron chi connectivity index (χ4n) is 1.01. The Kier molecular flexibility index (Phi) is 2.10. The van der Waals surface area contributed by atoms with E-state index in [0.717, 1.165) is 0 Å². The number of rotatable bonds is 1. The van der Waals surface area contributed by atoms with Gasteiger partial charge in [0, 0.05) is 13.3 Å². The summed E-state index contributed by atoms with van der Waals surface area (Å²) in [5.41, 5.74) is -1.17. The average molecular weight is 153 g/mol.